The molecule has 0 aromatic heterocycles. The maximum Gasteiger partial charge on any atom is 0.157 e. The third-order valence-corrected chi connectivity index (χ3v) is 5.20. The molecule has 0 aromatic carbocycles. The topological polar surface area (TPSA) is 38.7 Å². The zero-order valence-corrected chi connectivity index (χ0v) is 18.4. The molecule has 1 aliphatic rings. The lowest BCUT2D eigenvalue weighted by molar-refractivity contribution is -0.155. The molecule has 0 radical (unpaired) electrons. The highest BCUT2D eigenvalue weighted by Crippen LogP contribution is 2.15. The fraction of sp³-hybridized carbons (Fsp3) is 0.727. The first-order chi connectivity index (χ1) is 12.3. The van der Waals surface area contributed by atoms with Crippen molar-refractivity contribution in [3.05, 3.63) is 23.3 Å². The van der Waals surface area contributed by atoms with Gasteiger partial charge in [0.2, 0.25) is 0 Å². The molecule has 1 fully saturated rings. The average molecular weight is 379 g/mol. The Hall–Kier alpha value is -0.863. The van der Waals surface area contributed by atoms with Crippen molar-refractivity contribution in [2.75, 3.05) is 13.2 Å². The van der Waals surface area contributed by atoms with E-state index < -0.39 is 14.2 Å². The third kappa shape index (κ3) is 12.5. The van der Waals surface area contributed by atoms with E-state index in [4.69, 9.17) is 9.47 Å². The van der Waals surface area contributed by atoms with E-state index in [1.165, 1.54) is 17.6 Å². The van der Waals surface area contributed by atoms with Crippen molar-refractivity contribution in [1.29, 1.82) is 0 Å². The Bertz CT molecular complexity index is 514. The lowest BCUT2D eigenvalue weighted by atomic mass is 10.1. The van der Waals surface area contributed by atoms with Gasteiger partial charge >= 0.3 is 0 Å². The predicted octanol–water partition coefficient (Wildman–Crippen LogP) is 5.22. The normalized spacial score (nSPS) is 20.5. The molecule has 1 aliphatic heterocycles. The van der Waals surface area contributed by atoms with Crippen LogP contribution in [0.1, 0.15) is 58.8 Å². The van der Waals surface area contributed by atoms with Gasteiger partial charge in [-0.05, 0) is 58.8 Å². The van der Waals surface area contributed by atoms with E-state index in [2.05, 4.69) is 57.1 Å². The summed E-state index contributed by atoms with van der Waals surface area (Å²) in [5.74, 6) is 3.01. The molecule has 0 spiro atoms. The number of hydrogen-bond donors (Lipinski definition) is 1. The number of ether oxygens (including phenoxy) is 2. The van der Waals surface area contributed by atoms with Crippen molar-refractivity contribution < 1.29 is 14.6 Å². The Balaban J connectivity index is 2.20. The van der Waals surface area contributed by atoms with Crippen molar-refractivity contribution in [2.24, 2.45) is 0 Å². The van der Waals surface area contributed by atoms with Gasteiger partial charge in [0.05, 0.1) is 6.61 Å². The van der Waals surface area contributed by atoms with Gasteiger partial charge in [-0.25, -0.2) is 0 Å². The molecule has 148 valence electrons. The van der Waals surface area contributed by atoms with Gasteiger partial charge in [0.25, 0.3) is 0 Å². The first-order valence-electron chi connectivity index (χ1n) is 10.0. The van der Waals surface area contributed by atoms with Gasteiger partial charge in [0.15, 0.2) is 6.29 Å². The molecule has 0 aromatic rings. The van der Waals surface area contributed by atoms with Crippen LogP contribution < -0.4 is 0 Å². The Morgan fingerprint density at radius 2 is 1.92 bits per heavy atom. The molecule has 2 atom stereocenters. The maximum atomic E-state index is 9.97. The monoisotopic (exact) mass is 378 g/mol. The first kappa shape index (κ1) is 23.2. The lowest BCUT2D eigenvalue weighted by Gasteiger charge is -2.22. The van der Waals surface area contributed by atoms with E-state index >= 15 is 0 Å². The molecule has 2 unspecified atom stereocenters. The first-order valence-corrected chi connectivity index (χ1v) is 13.5. The number of allylic oxidation sites excluding steroid dienone is 3. The fourth-order valence-electron chi connectivity index (χ4n) is 2.63. The van der Waals surface area contributed by atoms with E-state index in [1.807, 2.05) is 0 Å². The average Bonchev–Trinajstić information content (AvgIpc) is 2.58. The van der Waals surface area contributed by atoms with Crippen molar-refractivity contribution in [3.8, 4) is 11.5 Å². The highest BCUT2D eigenvalue weighted by Gasteiger charge is 2.12. The minimum atomic E-state index is -1.39. The van der Waals surface area contributed by atoms with Gasteiger partial charge in [-0.3, -0.25) is 0 Å². The minimum absolute atomic E-state index is 0.00887. The standard InChI is InChI=1S/C22H38O3Si/c1-19(12-13-21(23)15-18-26(3,4)5)9-8-10-20(2)14-17-25-22-11-6-7-16-24-22/h9,14,21-23H,6-8,10-13,16-17H2,1-5H3/b19-9+,20-14+. The summed E-state index contributed by atoms with van der Waals surface area (Å²) in [7, 11) is -1.39. The van der Waals surface area contributed by atoms with Crippen LogP contribution in [0.15, 0.2) is 23.3 Å². The van der Waals surface area contributed by atoms with Crippen LogP contribution >= 0.6 is 0 Å². The SMILES string of the molecule is C/C(=C\COC1CCCCO1)CC/C=C(\C)CCC(O)C#C[Si](C)(C)C. The number of rotatable bonds is 9. The van der Waals surface area contributed by atoms with Crippen LogP contribution in [0.2, 0.25) is 19.6 Å². The largest absolute Gasteiger partial charge is 0.380 e. The third-order valence-electron chi connectivity index (χ3n) is 4.31. The van der Waals surface area contributed by atoms with Crippen LogP contribution in [0.5, 0.6) is 0 Å². The predicted molar refractivity (Wildman–Crippen MR) is 113 cm³/mol. The van der Waals surface area contributed by atoms with Crippen molar-refractivity contribution in [1.82, 2.24) is 0 Å². The van der Waals surface area contributed by atoms with E-state index in [0.29, 0.717) is 6.61 Å². The highest BCUT2D eigenvalue weighted by molar-refractivity contribution is 6.83. The lowest BCUT2D eigenvalue weighted by Crippen LogP contribution is -2.22. The quantitative estimate of drug-likeness (QED) is 0.339. The molecule has 1 saturated heterocycles. The van der Waals surface area contributed by atoms with E-state index in [0.717, 1.165) is 45.1 Å². The summed E-state index contributed by atoms with van der Waals surface area (Å²) in [6.45, 7) is 12.4. The van der Waals surface area contributed by atoms with E-state index in [1.54, 1.807) is 0 Å². The summed E-state index contributed by atoms with van der Waals surface area (Å²) in [4.78, 5) is 0. The second-order valence-corrected chi connectivity index (χ2v) is 13.1. The van der Waals surface area contributed by atoms with Crippen LogP contribution in [-0.4, -0.2) is 38.8 Å². The van der Waals surface area contributed by atoms with Gasteiger partial charge in [0, 0.05) is 6.61 Å². The van der Waals surface area contributed by atoms with Crippen LogP contribution in [0.3, 0.4) is 0 Å². The molecule has 0 saturated carbocycles. The van der Waals surface area contributed by atoms with Crippen LogP contribution in [0.25, 0.3) is 0 Å². The van der Waals surface area contributed by atoms with E-state index in [-0.39, 0.29) is 6.29 Å². The summed E-state index contributed by atoms with van der Waals surface area (Å²) >= 11 is 0. The molecular formula is C22H38O3Si. The molecule has 26 heavy (non-hydrogen) atoms. The van der Waals surface area contributed by atoms with Crippen LogP contribution in [-0.2, 0) is 9.47 Å². The van der Waals surface area contributed by atoms with Gasteiger partial charge < -0.3 is 14.6 Å². The molecule has 3 nitrogen and oxygen atoms in total. The molecule has 0 amide bonds. The maximum absolute atomic E-state index is 9.97. The molecule has 1 rings (SSSR count). The smallest absolute Gasteiger partial charge is 0.157 e. The Kier molecular flexibility index (Phi) is 11.2. The Morgan fingerprint density at radius 1 is 1.19 bits per heavy atom. The van der Waals surface area contributed by atoms with Crippen LogP contribution in [0.4, 0.5) is 0 Å². The number of aliphatic hydroxyl groups excluding tert-OH is 1. The summed E-state index contributed by atoms with van der Waals surface area (Å²) in [6, 6.07) is 0. The molecular weight excluding hydrogens is 340 g/mol. The summed E-state index contributed by atoms with van der Waals surface area (Å²) in [6.07, 6.45) is 11.0. The molecule has 1 heterocycles. The number of hydrogen-bond acceptors (Lipinski definition) is 3. The molecule has 4 heteroatoms. The van der Waals surface area contributed by atoms with Gasteiger partial charge in [-0.2, -0.15) is 0 Å². The Morgan fingerprint density at radius 3 is 2.58 bits per heavy atom. The second kappa shape index (κ2) is 12.5. The fourth-order valence-corrected chi connectivity index (χ4v) is 3.23. The van der Waals surface area contributed by atoms with Crippen molar-refractivity contribution >= 4 is 8.07 Å². The summed E-state index contributed by atoms with van der Waals surface area (Å²) in [5, 5.41) is 9.97. The van der Waals surface area contributed by atoms with Crippen molar-refractivity contribution in [2.45, 2.75) is 90.8 Å². The summed E-state index contributed by atoms with van der Waals surface area (Å²) < 4.78 is 11.3. The van der Waals surface area contributed by atoms with Crippen molar-refractivity contribution in [3.63, 3.8) is 0 Å². The second-order valence-electron chi connectivity index (χ2n) is 8.34. The van der Waals surface area contributed by atoms with Crippen LogP contribution in [0, 0.1) is 11.5 Å². The highest BCUT2D eigenvalue weighted by atomic mass is 28.3. The Labute approximate surface area is 161 Å². The van der Waals surface area contributed by atoms with Gasteiger partial charge in [0.1, 0.15) is 14.2 Å². The minimum Gasteiger partial charge on any atom is -0.380 e. The zero-order chi connectivity index (χ0) is 19.4. The summed E-state index contributed by atoms with van der Waals surface area (Å²) in [5.41, 5.74) is 5.92. The van der Waals surface area contributed by atoms with E-state index in [9.17, 15) is 5.11 Å². The van der Waals surface area contributed by atoms with Gasteiger partial charge in [-0.1, -0.05) is 48.9 Å². The molecule has 0 aliphatic carbocycles. The molecule has 0 bridgehead atoms. The number of aliphatic hydroxyl groups is 1. The zero-order valence-electron chi connectivity index (χ0n) is 17.4. The molecule has 1 N–H and O–H groups in total. The van der Waals surface area contributed by atoms with Gasteiger partial charge in [-0.15, -0.1) is 5.54 Å².